The fourth-order valence-electron chi connectivity index (χ4n) is 10.4. The molecule has 3 aromatic heterocycles. The minimum atomic E-state index is -1.91. The number of aliphatic hydroxyl groups is 1. The Morgan fingerprint density at radius 2 is 1.58 bits per heavy atom. The third kappa shape index (κ3) is 8.88. The van der Waals surface area contributed by atoms with Crippen LogP contribution in [0.4, 0.5) is 37.5 Å². The van der Waals surface area contributed by atoms with Crippen molar-refractivity contribution in [3.63, 3.8) is 0 Å². The number of nitrogens with one attached hydrogen (secondary N) is 3. The summed E-state index contributed by atoms with van der Waals surface area (Å²) >= 11 is 0. The van der Waals surface area contributed by atoms with Gasteiger partial charge < -0.3 is 30.4 Å². The van der Waals surface area contributed by atoms with E-state index in [1.165, 1.54) is 29.4 Å². The van der Waals surface area contributed by atoms with E-state index in [0.717, 1.165) is 86.2 Å². The molecular formula is C48H56F2N12O4. The molecule has 5 aromatic rings. The van der Waals surface area contributed by atoms with E-state index in [1.807, 2.05) is 37.3 Å². The molecule has 5 aliphatic rings. The number of allylic oxidation sites excluding steroid dienone is 1. The lowest BCUT2D eigenvalue weighted by Gasteiger charge is -2.46. The number of rotatable bonds is 13. The number of benzene rings is 2. The van der Waals surface area contributed by atoms with Gasteiger partial charge in [-0.1, -0.05) is 13.0 Å². The number of carbonyl (C=O) groups excluding carboxylic acids is 2. The third-order valence-corrected chi connectivity index (χ3v) is 14.3. The number of hydrogen-bond acceptors (Lipinski definition) is 13. The molecule has 4 fully saturated rings. The molecule has 0 radical (unpaired) electrons. The van der Waals surface area contributed by atoms with Crippen molar-refractivity contribution in [3.8, 4) is 5.82 Å². The summed E-state index contributed by atoms with van der Waals surface area (Å²) in [6.45, 7) is 10.9. The topological polar surface area (TPSA) is 169 Å². The maximum absolute atomic E-state index is 13.5. The number of anilines is 5. The summed E-state index contributed by atoms with van der Waals surface area (Å²) in [6.07, 6.45) is 5.09. The molecule has 0 spiro atoms. The highest BCUT2D eigenvalue weighted by Crippen LogP contribution is 2.39. The molecule has 0 bridgehead atoms. The van der Waals surface area contributed by atoms with Crippen LogP contribution in [0.5, 0.6) is 0 Å². The summed E-state index contributed by atoms with van der Waals surface area (Å²) in [6, 6.07) is 20.2. The Bertz CT molecular complexity index is 2680. The Labute approximate surface area is 381 Å². The number of imide groups is 1. The van der Waals surface area contributed by atoms with E-state index in [2.05, 4.69) is 64.8 Å². The van der Waals surface area contributed by atoms with Crippen molar-refractivity contribution in [2.45, 2.75) is 76.1 Å². The van der Waals surface area contributed by atoms with Crippen molar-refractivity contribution < 1.29 is 23.5 Å². The first-order valence-corrected chi connectivity index (χ1v) is 23.3. The van der Waals surface area contributed by atoms with E-state index in [1.54, 1.807) is 6.07 Å². The van der Waals surface area contributed by atoms with Crippen LogP contribution in [-0.2, 0) is 28.2 Å². The zero-order chi connectivity index (χ0) is 45.5. The number of fused-ring (bicyclic) bond motifs is 2. The highest BCUT2D eigenvalue weighted by Gasteiger charge is 2.38. The first-order valence-electron chi connectivity index (χ1n) is 23.3. The molecule has 1 unspecified atom stereocenters. The summed E-state index contributed by atoms with van der Waals surface area (Å²) in [4.78, 5) is 61.2. The molecule has 346 valence electrons. The Balaban J connectivity index is 0.702. The maximum Gasteiger partial charge on any atom is 0.278 e. The number of halogens is 2. The second kappa shape index (κ2) is 18.2. The van der Waals surface area contributed by atoms with Crippen LogP contribution in [-0.4, -0.2) is 122 Å². The monoisotopic (exact) mass is 902 g/mol. The average molecular weight is 903 g/mol. The van der Waals surface area contributed by atoms with E-state index in [9.17, 15) is 28.3 Å². The van der Waals surface area contributed by atoms with Crippen LogP contribution in [0, 0.1) is 5.92 Å². The number of aryl methyl sites for hydroxylation is 1. The normalized spacial score (nSPS) is 22.0. The van der Waals surface area contributed by atoms with Crippen molar-refractivity contribution in [1.82, 2.24) is 39.4 Å². The lowest BCUT2D eigenvalue weighted by molar-refractivity contribution is -0.133. The second-order valence-corrected chi connectivity index (χ2v) is 18.4. The molecule has 7 heterocycles. The molecule has 16 nitrogen and oxygen atoms in total. The maximum atomic E-state index is 13.5. The van der Waals surface area contributed by atoms with E-state index >= 15 is 0 Å². The van der Waals surface area contributed by atoms with Crippen molar-refractivity contribution >= 4 is 51.5 Å². The van der Waals surface area contributed by atoms with Crippen molar-refractivity contribution in [2.75, 3.05) is 79.3 Å². The Morgan fingerprint density at radius 1 is 0.864 bits per heavy atom. The lowest BCUT2D eigenvalue weighted by Crippen LogP contribution is -2.55. The van der Waals surface area contributed by atoms with Gasteiger partial charge in [-0.2, -0.15) is 13.8 Å². The van der Waals surface area contributed by atoms with Crippen LogP contribution in [0.1, 0.15) is 56.7 Å². The SMILES string of the molecule is CC[C@@]1(O)CCc2ccc(-n3c4nc(Nc5ccc(N6CCN(C7CCN(CC8CN(c9ccc(NC%10CCC(=O)NC%10=O)cc9)C8)CC7)CC6)cc5)ncc4c(=O)n3CC=C(F)F)nc21. The number of carbonyl (C=O) groups is 2. The highest BCUT2D eigenvalue weighted by atomic mass is 19.3. The van der Waals surface area contributed by atoms with Gasteiger partial charge in [0.05, 0.1) is 12.2 Å². The number of piperazine rings is 1. The van der Waals surface area contributed by atoms with Gasteiger partial charge in [0.2, 0.25) is 17.8 Å². The molecule has 18 heteroatoms. The van der Waals surface area contributed by atoms with E-state index in [-0.39, 0.29) is 34.8 Å². The van der Waals surface area contributed by atoms with Crippen molar-refractivity contribution in [1.29, 1.82) is 0 Å². The molecule has 66 heavy (non-hydrogen) atoms. The smallest absolute Gasteiger partial charge is 0.278 e. The number of aromatic nitrogens is 5. The summed E-state index contributed by atoms with van der Waals surface area (Å²) in [5.41, 5.74) is 4.00. The van der Waals surface area contributed by atoms with Crippen LogP contribution in [0.25, 0.3) is 16.9 Å². The first kappa shape index (κ1) is 43.6. The van der Waals surface area contributed by atoms with Gasteiger partial charge in [0.1, 0.15) is 17.0 Å². The van der Waals surface area contributed by atoms with Crippen LogP contribution in [0.15, 0.2) is 83.8 Å². The molecule has 4 N–H and O–H groups in total. The summed E-state index contributed by atoms with van der Waals surface area (Å²) in [7, 11) is 0. The van der Waals surface area contributed by atoms with E-state index < -0.39 is 23.8 Å². The number of amides is 2. The summed E-state index contributed by atoms with van der Waals surface area (Å²) in [5.74, 6) is 0.718. The van der Waals surface area contributed by atoms with Gasteiger partial charge in [-0.05, 0) is 112 Å². The molecule has 4 aliphatic heterocycles. The summed E-state index contributed by atoms with van der Waals surface area (Å²) in [5, 5.41) is 20.3. The van der Waals surface area contributed by atoms with Crippen LogP contribution < -0.4 is 31.3 Å². The second-order valence-electron chi connectivity index (χ2n) is 18.4. The van der Waals surface area contributed by atoms with Gasteiger partial charge in [-0.25, -0.2) is 19.3 Å². The quantitative estimate of drug-likeness (QED) is 0.117. The zero-order valence-electron chi connectivity index (χ0n) is 37.1. The van der Waals surface area contributed by atoms with Gasteiger partial charge in [-0.15, -0.1) is 0 Å². The zero-order valence-corrected chi connectivity index (χ0v) is 37.1. The third-order valence-electron chi connectivity index (χ3n) is 14.3. The summed E-state index contributed by atoms with van der Waals surface area (Å²) < 4.78 is 29.2. The van der Waals surface area contributed by atoms with Gasteiger partial charge in [0.25, 0.3) is 11.6 Å². The van der Waals surface area contributed by atoms with Gasteiger partial charge in [0.15, 0.2) is 11.5 Å². The van der Waals surface area contributed by atoms with Gasteiger partial charge >= 0.3 is 0 Å². The molecule has 0 saturated carbocycles. The predicted molar refractivity (Wildman–Crippen MR) is 249 cm³/mol. The molecule has 2 aromatic carbocycles. The van der Waals surface area contributed by atoms with Gasteiger partial charge in [0, 0.05) is 99.2 Å². The highest BCUT2D eigenvalue weighted by molar-refractivity contribution is 6.01. The molecular weight excluding hydrogens is 847 g/mol. The van der Waals surface area contributed by atoms with Crippen LogP contribution >= 0.6 is 0 Å². The van der Waals surface area contributed by atoms with E-state index in [0.29, 0.717) is 61.7 Å². The van der Waals surface area contributed by atoms with Crippen LogP contribution in [0.2, 0.25) is 0 Å². The predicted octanol–water partition coefficient (Wildman–Crippen LogP) is 4.98. The number of nitrogens with zero attached hydrogens (tertiary/aromatic N) is 9. The molecule has 1 aliphatic carbocycles. The molecule has 2 atom stereocenters. The van der Waals surface area contributed by atoms with Gasteiger partial charge in [-0.3, -0.25) is 24.6 Å². The molecule has 10 rings (SSSR count). The number of piperidine rings is 2. The molecule has 4 saturated heterocycles. The standard InChI is InChI=1S/C48H56F2N12O4/c1-2-48(66)19-15-32-3-13-41(54-43(32)48)62-44-38(46(65)61(62)22-18-40(49)50)27-51-47(56-44)53-34-6-8-35(9-7-34)58-23-25-59(26-24-58)37-16-20-57(21-17-37)28-31-29-60(30-31)36-10-4-33(5-11-36)52-39-12-14-42(63)55-45(39)64/h3-11,13,18,27,31,37,39,52,66H,2,12,14-17,19-26,28-30H2,1H3,(H,51,53,56)(H,55,63,64)/t39?,48-/m1/s1. The Kier molecular flexibility index (Phi) is 12.0. The minimum absolute atomic E-state index is 0.159. The Morgan fingerprint density at radius 3 is 2.27 bits per heavy atom. The fourth-order valence-corrected chi connectivity index (χ4v) is 10.4. The fraction of sp³-hybridized carbons (Fsp3) is 0.458. The largest absolute Gasteiger partial charge is 0.384 e. The van der Waals surface area contributed by atoms with Crippen molar-refractivity contribution in [2.24, 2.45) is 5.92 Å². The average Bonchev–Trinajstić information content (AvgIpc) is 3.80. The van der Waals surface area contributed by atoms with Crippen LogP contribution in [0.3, 0.4) is 0 Å². The van der Waals surface area contributed by atoms with Crippen molar-refractivity contribution in [3.05, 3.63) is 101 Å². The molecule has 2 amide bonds. The Hall–Kier alpha value is -6.24. The van der Waals surface area contributed by atoms with E-state index in [4.69, 9.17) is 9.97 Å². The number of likely N-dealkylation sites (tertiary alicyclic amines) is 1. The first-order chi connectivity index (χ1) is 32.0. The lowest BCUT2D eigenvalue weighted by atomic mass is 9.95. The number of hydrogen-bond donors (Lipinski definition) is 4. The number of pyridine rings is 1. The minimum Gasteiger partial charge on any atom is -0.384 e.